The molecule has 3 fully saturated rings. The maximum Gasteiger partial charge on any atom is 1.00 e. The number of carbonyl (C=O) groups is 3. The van der Waals surface area contributed by atoms with E-state index in [0.29, 0.717) is 83.7 Å². The number of aryl methyl sites for hydroxylation is 3. The summed E-state index contributed by atoms with van der Waals surface area (Å²) in [6.07, 6.45) is 15.6. The summed E-state index contributed by atoms with van der Waals surface area (Å²) in [4.78, 5) is 33.1. The van der Waals surface area contributed by atoms with Crippen LogP contribution in [-0.2, 0) is 38.4 Å². The van der Waals surface area contributed by atoms with Crippen LogP contribution in [0.3, 0.4) is 0 Å². The minimum absolute atomic E-state index is 0. The summed E-state index contributed by atoms with van der Waals surface area (Å²) < 4.78 is 23.7. The van der Waals surface area contributed by atoms with Crippen molar-refractivity contribution in [3.8, 4) is 52.8 Å². The molecular weight excluding hydrogens is 1150 g/mol. The topological polar surface area (TPSA) is 253 Å². The molecule has 6 aliphatic rings. The van der Waals surface area contributed by atoms with E-state index in [1.165, 1.54) is 0 Å². The molecule has 480 valence electrons. The Balaban J connectivity index is 0.000000214. The molecule has 0 bridgehead atoms. The second kappa shape index (κ2) is 35.8. The molecule has 0 aromatic heterocycles. The molecule has 0 saturated heterocycles. The predicted molar refractivity (Wildman–Crippen MR) is 338 cm³/mol. The van der Waals surface area contributed by atoms with Gasteiger partial charge in [0.25, 0.3) is 0 Å². The van der Waals surface area contributed by atoms with Crippen LogP contribution >= 0.6 is 0 Å². The quantitative estimate of drug-likeness (QED) is 0.0222. The van der Waals surface area contributed by atoms with Gasteiger partial charge in [0.2, 0.25) is 0 Å². The van der Waals surface area contributed by atoms with Crippen molar-refractivity contribution in [1.29, 1.82) is 0 Å². The molecule has 7 N–H and O–H groups in total. The zero-order chi connectivity index (χ0) is 64.3. The Hall–Kier alpha value is -5.87. The van der Waals surface area contributed by atoms with Crippen molar-refractivity contribution >= 4 is 17.9 Å². The summed E-state index contributed by atoms with van der Waals surface area (Å²) in [6, 6.07) is 18.1. The average molecular weight is 1250 g/mol. The number of ether oxygens (including phenoxy) is 4. The first-order valence-corrected chi connectivity index (χ1v) is 32.0. The van der Waals surface area contributed by atoms with Gasteiger partial charge in [0.1, 0.15) is 35.6 Å². The van der Waals surface area contributed by atoms with Gasteiger partial charge in [-0.1, -0.05) is 112 Å². The molecule has 18 atom stereocenters. The molecule has 0 radical (unpaired) electrons. The second-order valence-corrected chi connectivity index (χ2v) is 24.8. The van der Waals surface area contributed by atoms with Crippen molar-refractivity contribution in [2.75, 3.05) is 6.61 Å². The molecule has 0 spiro atoms. The first-order chi connectivity index (χ1) is 42.8. The van der Waals surface area contributed by atoms with E-state index in [4.69, 9.17) is 24.1 Å². The molecule has 90 heavy (non-hydrogen) atoms. The number of aliphatic carboxylic acids is 2. The molecule has 3 aromatic rings. The van der Waals surface area contributed by atoms with Crippen molar-refractivity contribution in [1.82, 2.24) is 0 Å². The maximum atomic E-state index is 11.6. The van der Waals surface area contributed by atoms with Crippen molar-refractivity contribution in [2.45, 2.75) is 217 Å². The van der Waals surface area contributed by atoms with Crippen molar-refractivity contribution in [3.63, 3.8) is 0 Å². The zero-order valence-corrected chi connectivity index (χ0v) is 55.8. The average Bonchev–Trinajstić information content (AvgIpc) is 1.62. The number of rotatable bonds is 25. The summed E-state index contributed by atoms with van der Waals surface area (Å²) in [6.45, 7) is 13.5. The van der Waals surface area contributed by atoms with E-state index in [0.717, 1.165) is 57.1 Å². The molecule has 3 aliphatic heterocycles. The Bertz CT molecular complexity index is 3020. The summed E-state index contributed by atoms with van der Waals surface area (Å²) in [5.41, 5.74) is 6.38. The number of hydrogen-bond donors (Lipinski definition) is 7. The molecular formula is C74H93NaO15. The van der Waals surface area contributed by atoms with Crippen molar-refractivity contribution in [2.24, 2.45) is 35.5 Å². The van der Waals surface area contributed by atoms with E-state index in [2.05, 4.69) is 41.6 Å². The van der Waals surface area contributed by atoms with Gasteiger partial charge >= 0.3 is 41.5 Å². The monoisotopic (exact) mass is 1240 g/mol. The third-order valence-electron chi connectivity index (χ3n) is 18.4. The van der Waals surface area contributed by atoms with Crippen LogP contribution in [0.4, 0.5) is 0 Å². The van der Waals surface area contributed by atoms with E-state index in [1.54, 1.807) is 39.0 Å². The minimum Gasteiger partial charge on any atom is -0.550 e. The fraction of sp³-hybridized carbons (Fsp3) is 0.554. The number of benzene rings is 3. The van der Waals surface area contributed by atoms with Gasteiger partial charge in [-0.2, -0.15) is 0 Å². The van der Waals surface area contributed by atoms with Crippen molar-refractivity contribution in [3.05, 3.63) is 124 Å². The minimum atomic E-state index is -1.04. The zero-order valence-electron chi connectivity index (χ0n) is 53.8. The number of fused-ring (bicyclic) bond motifs is 9. The molecule has 3 aliphatic carbocycles. The molecule has 0 amide bonds. The van der Waals surface area contributed by atoms with Crippen LogP contribution in [0.5, 0.6) is 17.2 Å². The molecule has 0 unspecified atom stereocenters. The number of hydrogen-bond acceptors (Lipinski definition) is 14. The number of carbonyl (C=O) groups excluding carboxylic acids is 2. The van der Waals surface area contributed by atoms with Crippen LogP contribution in [0.1, 0.15) is 177 Å². The summed E-state index contributed by atoms with van der Waals surface area (Å²) in [5.74, 6) is 18.1. The normalized spacial score (nSPS) is 26.2. The van der Waals surface area contributed by atoms with Crippen LogP contribution in [0, 0.1) is 71.0 Å². The van der Waals surface area contributed by atoms with Crippen molar-refractivity contribution < 1.29 is 104 Å². The molecule has 3 aromatic carbocycles. The largest absolute Gasteiger partial charge is 1.00 e. The maximum absolute atomic E-state index is 11.6. The molecule has 16 heteroatoms. The Kier molecular flexibility index (Phi) is 29.1. The first kappa shape index (κ1) is 73.2. The van der Waals surface area contributed by atoms with Gasteiger partial charge in [-0.15, -0.1) is 35.5 Å². The van der Waals surface area contributed by atoms with Crippen LogP contribution in [0.25, 0.3) is 0 Å². The number of carboxylic acids is 2. The Labute approximate surface area is 555 Å². The van der Waals surface area contributed by atoms with Gasteiger partial charge in [-0.25, -0.2) is 0 Å². The van der Waals surface area contributed by atoms with E-state index in [-0.39, 0.29) is 120 Å². The van der Waals surface area contributed by atoms with Crippen LogP contribution < -0.4 is 48.9 Å². The third-order valence-corrected chi connectivity index (χ3v) is 18.4. The number of aliphatic hydroxyl groups is 6. The van der Waals surface area contributed by atoms with Gasteiger partial charge < -0.3 is 64.6 Å². The molecule has 9 rings (SSSR count). The van der Waals surface area contributed by atoms with Gasteiger partial charge in [0, 0.05) is 110 Å². The van der Waals surface area contributed by atoms with Crippen LogP contribution in [-0.4, -0.2) is 115 Å². The number of esters is 1. The summed E-state index contributed by atoms with van der Waals surface area (Å²) in [7, 11) is 0. The number of para-hydroxylation sites is 3. The summed E-state index contributed by atoms with van der Waals surface area (Å²) >= 11 is 0. The Morgan fingerprint density at radius 1 is 0.556 bits per heavy atom. The predicted octanol–water partition coefficient (Wildman–Crippen LogP) is 6.01. The fourth-order valence-electron chi connectivity index (χ4n) is 13.5. The van der Waals surface area contributed by atoms with Gasteiger partial charge in [0.05, 0.1) is 43.2 Å². The van der Waals surface area contributed by atoms with E-state index >= 15 is 0 Å². The van der Waals surface area contributed by atoms with Crippen LogP contribution in [0.2, 0.25) is 0 Å². The Morgan fingerprint density at radius 2 is 0.878 bits per heavy atom. The Morgan fingerprint density at radius 3 is 1.18 bits per heavy atom. The third kappa shape index (κ3) is 19.1. The standard InChI is InChI=1S/C26H34O5.2C24H30O5.Na/c1-4-6-9-17(3)21(27)15-14-19-22(28)16-23-25(19)20-12-7-10-18(26(20)31-23)11-8-13-24(29)30-5-2;2*1-3-4-7-15(2)19(25)13-12-17-20(26)14-21-23(17)18-10-5-8-16(24(18)29-21)9-6-11-22(27)28;/h7,10,12,14-15,17,19,21-23,25,27-28H,5,8-9,11,13,16H2,1-3H3;2*5,8,10,12-13,15,17,19-21,23,25-26H,6-7,9,11,14H2,1-2H3,(H,27,28);/q;;;+1/p-1/b15-14+;2*13-12+;/t17-,19-,21+,22+,23-,25-;2*15-,17-,19+,20+,21-,23-;/m000./s1. The van der Waals surface area contributed by atoms with Gasteiger partial charge in [0.15, 0.2) is 0 Å². The van der Waals surface area contributed by atoms with Crippen LogP contribution in [0.15, 0.2) is 91.1 Å². The molecule has 3 heterocycles. The van der Waals surface area contributed by atoms with E-state index in [1.807, 2.05) is 94.5 Å². The van der Waals surface area contributed by atoms with E-state index < -0.39 is 48.6 Å². The second-order valence-electron chi connectivity index (χ2n) is 24.8. The first-order valence-electron chi connectivity index (χ1n) is 32.0. The van der Waals surface area contributed by atoms with Gasteiger partial charge in [-0.05, 0) is 107 Å². The fourth-order valence-corrected chi connectivity index (χ4v) is 13.5. The number of carboxylic acid groups (broad SMARTS) is 2. The smallest absolute Gasteiger partial charge is 0.550 e. The molecule has 3 saturated carbocycles. The number of aliphatic hydroxyl groups excluding tert-OH is 6. The van der Waals surface area contributed by atoms with Gasteiger partial charge in [-0.3, -0.25) is 9.59 Å². The molecule has 15 nitrogen and oxygen atoms in total. The summed E-state index contributed by atoms with van der Waals surface area (Å²) in [5, 5.41) is 82.6. The SMILES string of the molecule is CC#CC[C@H](C)[C@H](O)/C=C/[C@@H]1[C@H]2c3cccc(CCCC(=O)O)c3O[C@H]2C[C@H]1O.CC#CC[C@H](C)[C@H](O)/C=C/[C@@H]1[C@H]2c3cccc(CCCC(=O)OCC)c3O[C@H]2C[C@H]1O.CC#CC[C@H](C)[C@H](O)/C=C/[C@@H]1[C@H]2c3cccc(CCCC(=O)[O-])c3O[C@H]2C[C@H]1O.[Na+]. The van der Waals surface area contributed by atoms with E-state index in [9.17, 15) is 50.1 Å².